The summed E-state index contributed by atoms with van der Waals surface area (Å²) in [4.78, 5) is 62.4. The Morgan fingerprint density at radius 2 is 1.82 bits per heavy atom. The molecule has 180 valence electrons. The number of carboxylic acids is 1. The Labute approximate surface area is 195 Å². The van der Waals surface area contributed by atoms with Crippen LogP contribution in [-0.4, -0.2) is 61.1 Å². The van der Waals surface area contributed by atoms with Crippen molar-refractivity contribution in [2.75, 3.05) is 11.6 Å². The van der Waals surface area contributed by atoms with Crippen LogP contribution in [0, 0.1) is 5.92 Å². The van der Waals surface area contributed by atoms with E-state index in [0.717, 1.165) is 16.2 Å². The fraction of sp³-hybridized carbons (Fsp3) is 0.400. The Morgan fingerprint density at radius 3 is 2.27 bits per heavy atom. The fourth-order valence-corrected chi connectivity index (χ4v) is 4.93. The summed E-state index contributed by atoms with van der Waals surface area (Å²) in [7, 11) is -5.03. The van der Waals surface area contributed by atoms with Gasteiger partial charge in [0.25, 0.3) is 0 Å². The van der Waals surface area contributed by atoms with Gasteiger partial charge in [0, 0.05) is 24.9 Å². The van der Waals surface area contributed by atoms with Gasteiger partial charge in [0.2, 0.25) is 11.8 Å². The zero-order valence-corrected chi connectivity index (χ0v) is 20.1. The lowest BCUT2D eigenvalue weighted by Gasteiger charge is -2.37. The Balaban J connectivity index is 2.55. The monoisotopic (exact) mass is 498 g/mol. The molecule has 4 N–H and O–H groups in total. The Kier molecular flexibility index (Phi) is 9.26. The van der Waals surface area contributed by atoms with Gasteiger partial charge >= 0.3 is 13.7 Å². The standard InChI is InChI=1S/C20H27N4O7PS/c1-13(2)17(23(32(29,30)31)12-22-14(3)25)18(26)24(20-21-9-10-33-20)16(19(27)28)11-15-7-5-4-6-8-15/h4-10,13,16-17H,11-12H2,1-3H3,(H,22,25)(H,27,28)(H2,29,30,31). The molecule has 0 radical (unpaired) electrons. The van der Waals surface area contributed by atoms with E-state index in [1.807, 2.05) is 0 Å². The Bertz CT molecular complexity index is 997. The summed E-state index contributed by atoms with van der Waals surface area (Å²) < 4.78 is 12.8. The highest BCUT2D eigenvalue weighted by molar-refractivity contribution is 7.49. The number of aromatic nitrogens is 1. The summed E-state index contributed by atoms with van der Waals surface area (Å²) in [5.74, 6) is -3.34. The zero-order chi connectivity index (χ0) is 24.8. The van der Waals surface area contributed by atoms with Crippen molar-refractivity contribution >= 4 is 42.0 Å². The highest BCUT2D eigenvalue weighted by Crippen LogP contribution is 2.43. The highest BCUT2D eigenvalue weighted by atomic mass is 32.1. The highest BCUT2D eigenvalue weighted by Gasteiger charge is 2.44. The summed E-state index contributed by atoms with van der Waals surface area (Å²) in [6, 6.07) is 5.87. The van der Waals surface area contributed by atoms with E-state index in [1.165, 1.54) is 13.1 Å². The molecular formula is C20H27N4O7PS. The van der Waals surface area contributed by atoms with Gasteiger partial charge in [-0.15, -0.1) is 11.3 Å². The third kappa shape index (κ3) is 7.18. The van der Waals surface area contributed by atoms with Gasteiger partial charge in [-0.3, -0.25) is 14.5 Å². The topological polar surface area (TPSA) is 160 Å². The van der Waals surface area contributed by atoms with Gasteiger partial charge in [-0.05, 0) is 11.5 Å². The summed E-state index contributed by atoms with van der Waals surface area (Å²) in [5.41, 5.74) is 0.658. The van der Waals surface area contributed by atoms with Gasteiger partial charge in [-0.25, -0.2) is 14.3 Å². The molecule has 2 rings (SSSR count). The fourth-order valence-electron chi connectivity index (χ4n) is 3.29. The number of carbonyl (C=O) groups is 3. The predicted molar refractivity (Wildman–Crippen MR) is 122 cm³/mol. The lowest BCUT2D eigenvalue weighted by atomic mass is 10.00. The van der Waals surface area contributed by atoms with Crippen LogP contribution in [0.1, 0.15) is 26.3 Å². The third-order valence-electron chi connectivity index (χ3n) is 4.76. The van der Waals surface area contributed by atoms with E-state index in [9.17, 15) is 33.8 Å². The van der Waals surface area contributed by atoms with Gasteiger partial charge in [0.05, 0.1) is 6.67 Å². The van der Waals surface area contributed by atoms with Crippen molar-refractivity contribution < 1.29 is 33.8 Å². The van der Waals surface area contributed by atoms with Crippen molar-refractivity contribution in [3.8, 4) is 0 Å². The summed E-state index contributed by atoms with van der Waals surface area (Å²) in [6.45, 7) is 3.72. The van der Waals surface area contributed by atoms with Crippen molar-refractivity contribution in [1.29, 1.82) is 0 Å². The molecule has 33 heavy (non-hydrogen) atoms. The smallest absolute Gasteiger partial charge is 0.405 e. The van der Waals surface area contributed by atoms with E-state index in [-0.39, 0.29) is 11.6 Å². The minimum absolute atomic E-state index is 0.0477. The lowest BCUT2D eigenvalue weighted by Crippen LogP contribution is -2.57. The molecule has 0 bridgehead atoms. The number of thiazole rings is 1. The van der Waals surface area contributed by atoms with Gasteiger partial charge < -0.3 is 20.2 Å². The molecule has 0 saturated carbocycles. The van der Waals surface area contributed by atoms with E-state index in [2.05, 4.69) is 10.3 Å². The van der Waals surface area contributed by atoms with Crippen LogP contribution in [0.4, 0.5) is 5.13 Å². The number of aliphatic carboxylic acids is 1. The number of hydrogen-bond donors (Lipinski definition) is 4. The van der Waals surface area contributed by atoms with Crippen molar-refractivity contribution in [3.05, 3.63) is 47.5 Å². The normalized spacial score (nSPS) is 13.5. The van der Waals surface area contributed by atoms with Crippen molar-refractivity contribution in [2.45, 2.75) is 39.3 Å². The first-order chi connectivity index (χ1) is 15.4. The van der Waals surface area contributed by atoms with Gasteiger partial charge in [-0.2, -0.15) is 4.67 Å². The van der Waals surface area contributed by atoms with E-state index in [0.29, 0.717) is 10.2 Å². The minimum atomic E-state index is -5.03. The lowest BCUT2D eigenvalue weighted by molar-refractivity contribution is -0.140. The number of hydrogen-bond acceptors (Lipinski definition) is 6. The second-order valence-electron chi connectivity index (χ2n) is 7.60. The first-order valence-electron chi connectivity index (χ1n) is 9.99. The molecule has 2 aromatic rings. The molecule has 0 aliphatic heterocycles. The number of carbonyl (C=O) groups excluding carboxylic acids is 2. The number of carboxylic acid groups (broad SMARTS) is 1. The largest absolute Gasteiger partial charge is 0.480 e. The van der Waals surface area contributed by atoms with Gasteiger partial charge in [0.15, 0.2) is 5.13 Å². The maximum Gasteiger partial charge on any atom is 0.405 e. The first kappa shape index (κ1) is 26.6. The van der Waals surface area contributed by atoms with E-state index >= 15 is 0 Å². The first-order valence-corrected chi connectivity index (χ1v) is 12.4. The van der Waals surface area contributed by atoms with Crippen LogP contribution >= 0.6 is 19.1 Å². The van der Waals surface area contributed by atoms with Crippen LogP contribution in [0.5, 0.6) is 0 Å². The molecule has 1 heterocycles. The zero-order valence-electron chi connectivity index (χ0n) is 18.4. The summed E-state index contributed by atoms with van der Waals surface area (Å²) >= 11 is 1.03. The van der Waals surface area contributed by atoms with Crippen molar-refractivity contribution in [1.82, 2.24) is 15.0 Å². The SMILES string of the molecule is CC(=O)NCN(C(C(=O)N(c1nccs1)C(Cc1ccccc1)C(=O)O)C(C)C)P(=O)(O)O. The van der Waals surface area contributed by atoms with Gasteiger partial charge in [0.1, 0.15) is 12.1 Å². The molecule has 0 aliphatic carbocycles. The van der Waals surface area contributed by atoms with Crippen LogP contribution in [0.3, 0.4) is 0 Å². The molecule has 2 atom stereocenters. The van der Waals surface area contributed by atoms with Crippen LogP contribution in [0.25, 0.3) is 0 Å². The number of amides is 2. The van der Waals surface area contributed by atoms with Crippen LogP contribution in [0.15, 0.2) is 41.9 Å². The molecule has 11 nitrogen and oxygen atoms in total. The molecule has 1 aromatic heterocycles. The molecular weight excluding hydrogens is 471 g/mol. The summed E-state index contributed by atoms with van der Waals surface area (Å²) in [5, 5.41) is 14.0. The minimum Gasteiger partial charge on any atom is -0.480 e. The van der Waals surface area contributed by atoms with Crippen LogP contribution in [0.2, 0.25) is 0 Å². The van der Waals surface area contributed by atoms with Crippen molar-refractivity contribution in [2.24, 2.45) is 5.92 Å². The molecule has 0 fully saturated rings. The second kappa shape index (κ2) is 11.5. The quantitative estimate of drug-likeness (QED) is 0.267. The molecule has 13 heteroatoms. The van der Waals surface area contributed by atoms with Crippen molar-refractivity contribution in [3.63, 3.8) is 0 Å². The number of benzene rings is 1. The van der Waals surface area contributed by atoms with E-state index in [4.69, 9.17) is 0 Å². The van der Waals surface area contributed by atoms with Gasteiger partial charge in [-0.1, -0.05) is 44.2 Å². The maximum atomic E-state index is 13.8. The van der Waals surface area contributed by atoms with E-state index in [1.54, 1.807) is 49.6 Å². The molecule has 2 unspecified atom stereocenters. The Hall–Kier alpha value is -2.63. The van der Waals surface area contributed by atoms with Crippen LogP contribution < -0.4 is 10.2 Å². The molecule has 1 aromatic carbocycles. The number of nitrogens with one attached hydrogen (secondary N) is 1. The number of rotatable bonds is 11. The average molecular weight is 498 g/mol. The number of nitrogens with zero attached hydrogens (tertiary/aromatic N) is 3. The molecule has 0 spiro atoms. The molecule has 2 amide bonds. The average Bonchev–Trinajstić information content (AvgIpc) is 3.24. The number of anilines is 1. The third-order valence-corrected chi connectivity index (χ3v) is 6.59. The van der Waals surface area contributed by atoms with E-state index < -0.39 is 50.2 Å². The molecule has 0 aliphatic rings. The summed E-state index contributed by atoms with van der Waals surface area (Å²) in [6.07, 6.45) is 1.36. The Morgan fingerprint density at radius 1 is 1.18 bits per heavy atom. The molecule has 0 saturated heterocycles. The second-order valence-corrected chi connectivity index (χ2v) is 10.0. The maximum absolute atomic E-state index is 13.8. The van der Waals surface area contributed by atoms with Crippen LogP contribution in [-0.2, 0) is 25.4 Å². The predicted octanol–water partition coefficient (Wildman–Crippen LogP) is 1.68.